The number of hydrogen-bond donors (Lipinski definition) is 3. The number of carbonyl (C=O) groups is 3. The van der Waals surface area contributed by atoms with Crippen molar-refractivity contribution < 1.29 is 19.1 Å². The second kappa shape index (κ2) is 14.7. The number of carbonyl (C=O) groups excluding carboxylic acids is 3. The third kappa shape index (κ3) is 8.59. The smallest absolute Gasteiger partial charge is 0.272 e. The van der Waals surface area contributed by atoms with Crippen molar-refractivity contribution in [3.63, 3.8) is 0 Å². The van der Waals surface area contributed by atoms with E-state index in [9.17, 15) is 14.4 Å². The standard InChI is InChI=1S/C34H33N3O4S/c1-23(2)25-15-13-24(14-16-25)21-30(37-33(39)26-9-5-4-6-10-26)34(40)35-27-17-19-28(20-18-27)42-22-32(38)36-29-11-7-8-12-31(29)41-3/h4-21,23H,22H2,1-3H3,(H,35,40)(H,36,38)(H,37,39)/b30-21-. The zero-order valence-corrected chi connectivity index (χ0v) is 24.5. The van der Waals surface area contributed by atoms with Crippen LogP contribution in [0.5, 0.6) is 5.75 Å². The van der Waals surface area contributed by atoms with Gasteiger partial charge in [0.1, 0.15) is 11.4 Å². The molecule has 0 atom stereocenters. The lowest BCUT2D eigenvalue weighted by Gasteiger charge is -2.12. The van der Waals surface area contributed by atoms with E-state index in [0.29, 0.717) is 28.6 Å². The normalized spacial score (nSPS) is 11.1. The van der Waals surface area contributed by atoms with E-state index in [2.05, 4.69) is 29.8 Å². The van der Waals surface area contributed by atoms with Gasteiger partial charge in [0.25, 0.3) is 11.8 Å². The largest absolute Gasteiger partial charge is 0.495 e. The van der Waals surface area contributed by atoms with E-state index in [0.717, 1.165) is 10.5 Å². The van der Waals surface area contributed by atoms with E-state index < -0.39 is 5.91 Å². The lowest BCUT2D eigenvalue weighted by molar-refractivity contribution is -0.114. The summed E-state index contributed by atoms with van der Waals surface area (Å²) in [4.78, 5) is 39.5. The first-order valence-corrected chi connectivity index (χ1v) is 14.5. The Morgan fingerprint density at radius 1 is 0.810 bits per heavy atom. The summed E-state index contributed by atoms with van der Waals surface area (Å²) in [5.41, 5.74) is 3.70. The van der Waals surface area contributed by atoms with E-state index in [4.69, 9.17) is 4.74 Å². The number of benzene rings is 4. The molecule has 0 heterocycles. The highest BCUT2D eigenvalue weighted by Crippen LogP contribution is 2.25. The molecule has 42 heavy (non-hydrogen) atoms. The second-order valence-corrected chi connectivity index (χ2v) is 10.8. The van der Waals surface area contributed by atoms with Crippen LogP contribution in [0.2, 0.25) is 0 Å². The molecule has 0 bridgehead atoms. The van der Waals surface area contributed by atoms with Crippen LogP contribution in [-0.4, -0.2) is 30.6 Å². The lowest BCUT2D eigenvalue weighted by atomic mass is 10.0. The van der Waals surface area contributed by atoms with Crippen molar-refractivity contribution in [2.45, 2.75) is 24.7 Å². The fourth-order valence-corrected chi connectivity index (χ4v) is 4.70. The molecule has 3 N–H and O–H groups in total. The van der Waals surface area contributed by atoms with Crippen LogP contribution in [0.4, 0.5) is 11.4 Å². The number of rotatable bonds is 11. The summed E-state index contributed by atoms with van der Waals surface area (Å²) in [6.07, 6.45) is 1.66. The van der Waals surface area contributed by atoms with Crippen LogP contribution >= 0.6 is 11.8 Å². The predicted molar refractivity (Wildman–Crippen MR) is 170 cm³/mol. The molecule has 0 aliphatic heterocycles. The number of hydrogen-bond acceptors (Lipinski definition) is 5. The molecule has 0 saturated heterocycles. The summed E-state index contributed by atoms with van der Waals surface area (Å²) in [7, 11) is 1.56. The zero-order chi connectivity index (χ0) is 29.9. The highest BCUT2D eigenvalue weighted by molar-refractivity contribution is 8.00. The van der Waals surface area contributed by atoms with E-state index in [1.165, 1.54) is 17.3 Å². The fourth-order valence-electron chi connectivity index (χ4n) is 4.00. The molecule has 0 aromatic heterocycles. The van der Waals surface area contributed by atoms with Crippen LogP contribution in [-0.2, 0) is 9.59 Å². The van der Waals surface area contributed by atoms with Crippen molar-refractivity contribution in [3.8, 4) is 5.75 Å². The molecule has 4 aromatic carbocycles. The van der Waals surface area contributed by atoms with E-state index in [1.54, 1.807) is 61.7 Å². The van der Waals surface area contributed by atoms with Gasteiger partial charge in [-0.1, -0.05) is 68.4 Å². The van der Waals surface area contributed by atoms with Gasteiger partial charge in [-0.3, -0.25) is 14.4 Å². The number of para-hydroxylation sites is 2. The number of nitrogens with one attached hydrogen (secondary N) is 3. The number of ether oxygens (including phenoxy) is 1. The van der Waals surface area contributed by atoms with Crippen LogP contribution in [0.15, 0.2) is 114 Å². The number of amides is 3. The Bertz CT molecular complexity index is 1550. The first-order chi connectivity index (χ1) is 20.3. The molecule has 4 rings (SSSR count). The van der Waals surface area contributed by atoms with Crippen molar-refractivity contribution in [3.05, 3.63) is 126 Å². The van der Waals surface area contributed by atoms with Crippen molar-refractivity contribution in [1.29, 1.82) is 0 Å². The summed E-state index contributed by atoms with van der Waals surface area (Å²) in [6.45, 7) is 4.23. The first-order valence-electron chi connectivity index (χ1n) is 13.5. The SMILES string of the molecule is COc1ccccc1NC(=O)CSc1ccc(NC(=O)/C(=C/c2ccc(C(C)C)cc2)NC(=O)c2ccccc2)cc1. The molecule has 0 saturated carbocycles. The van der Waals surface area contributed by atoms with E-state index >= 15 is 0 Å². The van der Waals surface area contributed by atoms with Gasteiger partial charge < -0.3 is 20.7 Å². The maximum Gasteiger partial charge on any atom is 0.272 e. The third-order valence-electron chi connectivity index (χ3n) is 6.31. The van der Waals surface area contributed by atoms with Crippen LogP contribution in [0.1, 0.15) is 41.3 Å². The zero-order valence-electron chi connectivity index (χ0n) is 23.7. The van der Waals surface area contributed by atoms with Gasteiger partial charge in [-0.05, 0) is 71.7 Å². The predicted octanol–water partition coefficient (Wildman–Crippen LogP) is 6.96. The Morgan fingerprint density at radius 3 is 2.14 bits per heavy atom. The molecule has 4 aromatic rings. The maximum atomic E-state index is 13.3. The van der Waals surface area contributed by atoms with Crippen molar-refractivity contribution in [2.75, 3.05) is 23.5 Å². The van der Waals surface area contributed by atoms with E-state index in [1.807, 2.05) is 54.6 Å². The molecule has 7 nitrogen and oxygen atoms in total. The molecular weight excluding hydrogens is 546 g/mol. The third-order valence-corrected chi connectivity index (χ3v) is 7.32. The Morgan fingerprint density at radius 2 is 1.48 bits per heavy atom. The van der Waals surface area contributed by atoms with E-state index in [-0.39, 0.29) is 23.3 Å². The van der Waals surface area contributed by atoms with Gasteiger partial charge in [0.05, 0.1) is 18.6 Å². The van der Waals surface area contributed by atoms with Crippen LogP contribution in [0.3, 0.4) is 0 Å². The molecule has 0 aliphatic rings. The second-order valence-electron chi connectivity index (χ2n) is 9.72. The molecule has 214 valence electrons. The minimum atomic E-state index is -0.455. The minimum Gasteiger partial charge on any atom is -0.495 e. The van der Waals surface area contributed by atoms with Crippen LogP contribution in [0, 0.1) is 0 Å². The molecule has 0 radical (unpaired) electrons. The van der Waals surface area contributed by atoms with Gasteiger partial charge in [0.2, 0.25) is 5.91 Å². The van der Waals surface area contributed by atoms with Crippen LogP contribution in [0.25, 0.3) is 6.08 Å². The van der Waals surface area contributed by atoms with Gasteiger partial charge in [-0.2, -0.15) is 0 Å². The van der Waals surface area contributed by atoms with Gasteiger partial charge >= 0.3 is 0 Å². The van der Waals surface area contributed by atoms with Crippen molar-refractivity contribution >= 4 is 46.9 Å². The molecular formula is C34H33N3O4S. The number of anilines is 2. The Labute approximate surface area is 250 Å². The van der Waals surface area contributed by atoms with Crippen molar-refractivity contribution in [2.24, 2.45) is 0 Å². The van der Waals surface area contributed by atoms with Gasteiger partial charge in [-0.25, -0.2) is 0 Å². The Kier molecular flexibility index (Phi) is 10.6. The summed E-state index contributed by atoms with van der Waals surface area (Å²) in [6, 6.07) is 31.0. The van der Waals surface area contributed by atoms with Crippen LogP contribution < -0.4 is 20.7 Å². The monoisotopic (exact) mass is 579 g/mol. The molecule has 0 aliphatic carbocycles. The number of thioether (sulfide) groups is 1. The summed E-state index contributed by atoms with van der Waals surface area (Å²) < 4.78 is 5.28. The summed E-state index contributed by atoms with van der Waals surface area (Å²) in [5, 5.41) is 8.48. The molecule has 0 spiro atoms. The summed E-state index contributed by atoms with van der Waals surface area (Å²) >= 11 is 1.37. The highest BCUT2D eigenvalue weighted by Gasteiger charge is 2.15. The lowest BCUT2D eigenvalue weighted by Crippen LogP contribution is -2.30. The average molecular weight is 580 g/mol. The summed E-state index contributed by atoms with van der Waals surface area (Å²) in [5.74, 6) is 0.186. The Hall–Kier alpha value is -4.82. The first kappa shape index (κ1) is 30.1. The highest BCUT2D eigenvalue weighted by atomic mass is 32.2. The van der Waals surface area contributed by atoms with Crippen molar-refractivity contribution in [1.82, 2.24) is 5.32 Å². The van der Waals surface area contributed by atoms with Gasteiger partial charge in [0.15, 0.2) is 0 Å². The number of methoxy groups -OCH3 is 1. The Balaban J connectivity index is 1.42. The molecule has 3 amide bonds. The van der Waals surface area contributed by atoms with Gasteiger partial charge in [0, 0.05) is 16.1 Å². The van der Waals surface area contributed by atoms with Gasteiger partial charge in [-0.15, -0.1) is 11.8 Å². The maximum absolute atomic E-state index is 13.3. The fraction of sp³-hybridized carbons (Fsp3) is 0.147. The molecule has 0 fully saturated rings. The minimum absolute atomic E-state index is 0.118. The molecule has 8 heteroatoms. The molecule has 0 unspecified atom stereocenters. The quantitative estimate of drug-likeness (QED) is 0.132. The average Bonchev–Trinajstić information content (AvgIpc) is 3.01. The topological polar surface area (TPSA) is 96.5 Å².